The van der Waals surface area contributed by atoms with Crippen molar-refractivity contribution in [2.75, 3.05) is 11.1 Å². The van der Waals surface area contributed by atoms with Crippen LogP contribution in [-0.4, -0.2) is 15.9 Å². The summed E-state index contributed by atoms with van der Waals surface area (Å²) in [5.41, 5.74) is 4.83. The highest BCUT2D eigenvalue weighted by Crippen LogP contribution is 2.16. The average molecular weight is 250 g/mol. The van der Waals surface area contributed by atoms with Crippen LogP contribution in [0.25, 0.3) is 0 Å². The van der Waals surface area contributed by atoms with E-state index in [-0.39, 0.29) is 11.3 Å². The summed E-state index contributed by atoms with van der Waals surface area (Å²) in [5, 5.41) is 2.22. The topological polar surface area (TPSA) is 80.9 Å². The van der Waals surface area contributed by atoms with Crippen molar-refractivity contribution in [3.63, 3.8) is 0 Å². The fourth-order valence-corrected chi connectivity index (χ4v) is 1.30. The number of carbonyl (C=O) groups is 1. The number of halogens is 2. The smallest absolute Gasteiger partial charge is 0.258 e. The number of carbonyl (C=O) groups excluding carboxylic acids is 1. The molecule has 0 saturated carbocycles. The molecule has 0 saturated heterocycles. The summed E-state index contributed by atoms with van der Waals surface area (Å²) in [6, 6.07) is 2.41. The molecule has 0 aliphatic heterocycles. The molecule has 2 aromatic heterocycles. The molecular formula is C11H8F2N4O. The van der Waals surface area contributed by atoms with Crippen molar-refractivity contribution < 1.29 is 13.6 Å². The van der Waals surface area contributed by atoms with Gasteiger partial charge in [0, 0.05) is 12.4 Å². The molecular weight excluding hydrogens is 242 g/mol. The van der Waals surface area contributed by atoms with Gasteiger partial charge in [-0.3, -0.25) is 9.78 Å². The highest BCUT2D eigenvalue weighted by atomic mass is 19.1. The Morgan fingerprint density at radius 1 is 1.28 bits per heavy atom. The highest BCUT2D eigenvalue weighted by Gasteiger charge is 2.15. The number of hydrogen-bond acceptors (Lipinski definition) is 4. The van der Waals surface area contributed by atoms with Gasteiger partial charge in [-0.2, -0.15) is 0 Å². The molecule has 7 heteroatoms. The zero-order chi connectivity index (χ0) is 13.1. The van der Waals surface area contributed by atoms with E-state index in [0.29, 0.717) is 0 Å². The molecule has 0 atom stereocenters. The lowest BCUT2D eigenvalue weighted by atomic mass is 10.2. The van der Waals surface area contributed by atoms with Crippen molar-refractivity contribution in [2.45, 2.75) is 0 Å². The molecule has 0 aliphatic rings. The molecule has 18 heavy (non-hydrogen) atoms. The number of rotatable bonds is 2. The van der Waals surface area contributed by atoms with Gasteiger partial charge in [0.2, 0.25) is 0 Å². The molecule has 2 rings (SSSR count). The molecule has 3 N–H and O–H groups in total. The number of nitrogens with one attached hydrogen (secondary N) is 1. The fraction of sp³-hybridized carbons (Fsp3) is 0. The lowest BCUT2D eigenvalue weighted by Crippen LogP contribution is -2.16. The Morgan fingerprint density at radius 3 is 2.78 bits per heavy atom. The second-order valence-corrected chi connectivity index (χ2v) is 3.37. The van der Waals surface area contributed by atoms with Crippen molar-refractivity contribution in [3.8, 4) is 0 Å². The summed E-state index contributed by atoms with van der Waals surface area (Å²) in [5.74, 6) is -2.86. The largest absolute Gasteiger partial charge is 0.381 e. The van der Waals surface area contributed by atoms with Crippen molar-refractivity contribution in [1.29, 1.82) is 0 Å². The van der Waals surface area contributed by atoms with Gasteiger partial charge in [0.25, 0.3) is 5.91 Å². The van der Waals surface area contributed by atoms with Crippen LogP contribution in [-0.2, 0) is 0 Å². The Balaban J connectivity index is 2.28. The second kappa shape index (κ2) is 4.74. The van der Waals surface area contributed by atoms with Crippen LogP contribution in [0.1, 0.15) is 10.4 Å². The van der Waals surface area contributed by atoms with Crippen LogP contribution in [0, 0.1) is 11.6 Å². The fourth-order valence-electron chi connectivity index (χ4n) is 1.30. The molecule has 0 fully saturated rings. The molecule has 0 unspecified atom stereocenters. The van der Waals surface area contributed by atoms with E-state index in [4.69, 9.17) is 5.73 Å². The minimum Gasteiger partial charge on any atom is -0.381 e. The van der Waals surface area contributed by atoms with E-state index in [2.05, 4.69) is 15.3 Å². The summed E-state index contributed by atoms with van der Waals surface area (Å²) in [6.07, 6.45) is 3.43. The van der Waals surface area contributed by atoms with Gasteiger partial charge in [-0.25, -0.2) is 13.8 Å². The standard InChI is InChI=1S/C11H8F2N4O/c12-7-5-15-3-2-8(7)17-11(18)6-1-4-16-10(14)9(6)13/h1-5H,(H2,14,16)(H,15,17,18). The first-order valence-electron chi connectivity index (χ1n) is 4.90. The number of nitrogens with two attached hydrogens (primary N) is 1. The molecule has 2 heterocycles. The van der Waals surface area contributed by atoms with Crippen LogP contribution in [0.5, 0.6) is 0 Å². The quantitative estimate of drug-likeness (QED) is 0.848. The maximum atomic E-state index is 13.5. The molecule has 0 radical (unpaired) electrons. The Kier molecular flexibility index (Phi) is 3.13. The van der Waals surface area contributed by atoms with E-state index < -0.39 is 23.4 Å². The summed E-state index contributed by atoms with van der Waals surface area (Å²) in [6.45, 7) is 0. The van der Waals surface area contributed by atoms with Gasteiger partial charge < -0.3 is 11.1 Å². The van der Waals surface area contributed by atoms with Gasteiger partial charge in [0.1, 0.15) is 0 Å². The minimum atomic E-state index is -0.940. The number of nitrogen functional groups attached to an aromatic ring is 1. The number of amides is 1. The molecule has 0 aromatic carbocycles. The Morgan fingerprint density at radius 2 is 2.06 bits per heavy atom. The summed E-state index contributed by atoms with van der Waals surface area (Å²) >= 11 is 0. The van der Waals surface area contributed by atoms with E-state index in [9.17, 15) is 13.6 Å². The minimum absolute atomic E-state index is 0.0928. The molecule has 0 aliphatic carbocycles. The maximum absolute atomic E-state index is 13.5. The van der Waals surface area contributed by atoms with Gasteiger partial charge in [0.05, 0.1) is 17.4 Å². The van der Waals surface area contributed by atoms with Gasteiger partial charge in [-0.05, 0) is 12.1 Å². The van der Waals surface area contributed by atoms with Crippen molar-refractivity contribution >= 4 is 17.4 Å². The molecule has 5 nitrogen and oxygen atoms in total. The monoisotopic (exact) mass is 250 g/mol. The Hall–Kier alpha value is -2.57. The lowest BCUT2D eigenvalue weighted by Gasteiger charge is -2.07. The van der Waals surface area contributed by atoms with E-state index >= 15 is 0 Å². The normalized spacial score (nSPS) is 10.1. The number of hydrogen-bond donors (Lipinski definition) is 2. The van der Waals surface area contributed by atoms with E-state index in [1.54, 1.807) is 0 Å². The number of anilines is 2. The predicted molar refractivity (Wildman–Crippen MR) is 60.8 cm³/mol. The van der Waals surface area contributed by atoms with Crippen molar-refractivity contribution in [1.82, 2.24) is 9.97 Å². The van der Waals surface area contributed by atoms with Gasteiger partial charge in [-0.1, -0.05) is 0 Å². The van der Waals surface area contributed by atoms with Gasteiger partial charge in [0.15, 0.2) is 17.5 Å². The third-order valence-corrected chi connectivity index (χ3v) is 2.18. The van der Waals surface area contributed by atoms with Crippen molar-refractivity contribution in [2.24, 2.45) is 0 Å². The number of pyridine rings is 2. The van der Waals surface area contributed by atoms with Gasteiger partial charge >= 0.3 is 0 Å². The lowest BCUT2D eigenvalue weighted by molar-refractivity contribution is 0.102. The van der Waals surface area contributed by atoms with Crippen LogP contribution in [0.2, 0.25) is 0 Å². The van der Waals surface area contributed by atoms with Crippen LogP contribution < -0.4 is 11.1 Å². The van der Waals surface area contributed by atoms with Crippen molar-refractivity contribution in [3.05, 3.63) is 47.9 Å². The first-order valence-corrected chi connectivity index (χ1v) is 4.90. The van der Waals surface area contributed by atoms with Crippen LogP contribution in [0.3, 0.4) is 0 Å². The van der Waals surface area contributed by atoms with Crippen LogP contribution >= 0.6 is 0 Å². The Labute approximate surface area is 101 Å². The zero-order valence-electron chi connectivity index (χ0n) is 9.02. The summed E-state index contributed by atoms with van der Waals surface area (Å²) < 4.78 is 26.7. The highest BCUT2D eigenvalue weighted by molar-refractivity contribution is 6.04. The number of nitrogens with zero attached hydrogens (tertiary/aromatic N) is 2. The second-order valence-electron chi connectivity index (χ2n) is 3.37. The van der Waals surface area contributed by atoms with E-state index in [1.807, 2.05) is 0 Å². The average Bonchev–Trinajstić information content (AvgIpc) is 2.35. The van der Waals surface area contributed by atoms with Gasteiger partial charge in [-0.15, -0.1) is 0 Å². The molecule has 2 aromatic rings. The van der Waals surface area contributed by atoms with E-state index in [0.717, 1.165) is 12.3 Å². The molecule has 1 amide bonds. The third-order valence-electron chi connectivity index (χ3n) is 2.18. The maximum Gasteiger partial charge on any atom is 0.258 e. The third kappa shape index (κ3) is 2.24. The molecule has 0 spiro atoms. The zero-order valence-corrected chi connectivity index (χ0v) is 9.02. The van der Waals surface area contributed by atoms with Crippen LogP contribution in [0.4, 0.5) is 20.3 Å². The predicted octanol–water partition coefficient (Wildman–Crippen LogP) is 1.59. The summed E-state index contributed by atoms with van der Waals surface area (Å²) in [4.78, 5) is 18.7. The first kappa shape index (κ1) is 11.9. The number of aromatic nitrogens is 2. The summed E-state index contributed by atoms with van der Waals surface area (Å²) in [7, 11) is 0. The Bertz CT molecular complexity index is 603. The SMILES string of the molecule is Nc1nccc(C(=O)Nc2ccncc2F)c1F. The molecule has 92 valence electrons. The van der Waals surface area contributed by atoms with E-state index in [1.165, 1.54) is 18.5 Å². The first-order chi connectivity index (χ1) is 8.59. The van der Waals surface area contributed by atoms with Crippen LogP contribution in [0.15, 0.2) is 30.7 Å². The molecule has 0 bridgehead atoms.